The van der Waals surface area contributed by atoms with Gasteiger partial charge in [0, 0.05) is 54.0 Å². The molecule has 0 spiro atoms. The molecule has 0 saturated carbocycles. The van der Waals surface area contributed by atoms with E-state index in [0.29, 0.717) is 5.56 Å². The number of benzene rings is 4. The summed E-state index contributed by atoms with van der Waals surface area (Å²) in [4.78, 5) is 38.7. The predicted molar refractivity (Wildman–Crippen MR) is 162 cm³/mol. The molecule has 0 aliphatic carbocycles. The van der Waals surface area contributed by atoms with Gasteiger partial charge in [-0.25, -0.2) is 22.0 Å². The topological polar surface area (TPSA) is 85.5 Å². The van der Waals surface area contributed by atoms with Crippen LogP contribution in [-0.4, -0.2) is 27.3 Å². The first-order chi connectivity index (χ1) is 21.8. The van der Waals surface area contributed by atoms with Crippen LogP contribution in [0.2, 0.25) is 0 Å². The Bertz CT molecular complexity index is 2060. The van der Waals surface area contributed by atoms with Crippen molar-refractivity contribution in [3.05, 3.63) is 145 Å². The highest BCUT2D eigenvalue weighted by atomic mass is 19.2. The van der Waals surface area contributed by atoms with Gasteiger partial charge >= 0.3 is 0 Å². The number of nitro benzene ring substituents is 1. The van der Waals surface area contributed by atoms with Gasteiger partial charge in [0.25, 0.3) is 5.69 Å². The third-order valence-electron chi connectivity index (χ3n) is 7.87. The van der Waals surface area contributed by atoms with E-state index in [1.807, 2.05) is 0 Å². The molecule has 1 heterocycles. The first kappa shape index (κ1) is 32.0. The Morgan fingerprint density at radius 1 is 0.870 bits per heavy atom. The average Bonchev–Trinajstić information content (AvgIpc) is 3.04. The van der Waals surface area contributed by atoms with E-state index in [4.69, 9.17) is 0 Å². The lowest BCUT2D eigenvalue weighted by Gasteiger charge is -2.22. The maximum absolute atomic E-state index is 14.5. The van der Waals surface area contributed by atoms with Crippen molar-refractivity contribution in [2.75, 3.05) is 7.05 Å². The third-order valence-corrected chi connectivity index (χ3v) is 7.87. The van der Waals surface area contributed by atoms with Gasteiger partial charge in [-0.1, -0.05) is 36.4 Å². The van der Waals surface area contributed by atoms with Crippen LogP contribution in [0.25, 0.3) is 22.0 Å². The summed E-state index contributed by atoms with van der Waals surface area (Å²) in [6.07, 6.45) is -0.00131. The summed E-state index contributed by atoms with van der Waals surface area (Å²) in [6.45, 7) is 0.860. The fraction of sp³-hybridized carbons (Fsp3) is 0.176. The molecule has 236 valence electrons. The number of carbonyl (C=O) groups excluding carboxylic acids is 1. The summed E-state index contributed by atoms with van der Waals surface area (Å²) in [7, 11) is 1.51. The summed E-state index contributed by atoms with van der Waals surface area (Å²) in [5.74, 6) is -5.85. The molecule has 0 bridgehead atoms. The van der Waals surface area contributed by atoms with E-state index in [-0.39, 0.29) is 64.9 Å². The van der Waals surface area contributed by atoms with Crippen molar-refractivity contribution in [1.29, 1.82) is 0 Å². The summed E-state index contributed by atoms with van der Waals surface area (Å²) in [5.41, 5.74) is -0.130. The van der Waals surface area contributed by atoms with Gasteiger partial charge in [-0.3, -0.25) is 19.7 Å². The van der Waals surface area contributed by atoms with E-state index >= 15 is 0 Å². The molecule has 0 radical (unpaired) electrons. The zero-order valence-corrected chi connectivity index (χ0v) is 24.6. The number of halogens is 5. The fourth-order valence-corrected chi connectivity index (χ4v) is 5.23. The van der Waals surface area contributed by atoms with Gasteiger partial charge in [0.2, 0.25) is 5.91 Å². The molecular formula is C34H26F5N3O4. The number of non-ortho nitro benzene ring substituents is 1. The van der Waals surface area contributed by atoms with Crippen LogP contribution in [-0.2, 0) is 30.7 Å². The molecule has 46 heavy (non-hydrogen) atoms. The number of fused-ring (bicyclic) bond motifs is 1. The minimum absolute atomic E-state index is 0.0173. The number of aryl methyl sites for hydroxylation is 2. The molecule has 0 N–H and O–H groups in total. The number of hydrogen-bond acceptors (Lipinski definition) is 4. The Morgan fingerprint density at radius 2 is 1.59 bits per heavy atom. The van der Waals surface area contributed by atoms with Crippen molar-refractivity contribution in [1.82, 2.24) is 9.47 Å². The van der Waals surface area contributed by atoms with E-state index < -0.39 is 50.9 Å². The van der Waals surface area contributed by atoms with Crippen LogP contribution in [0.3, 0.4) is 0 Å². The molecule has 0 unspecified atom stereocenters. The minimum atomic E-state index is -1.27. The number of amides is 1. The number of carbonyl (C=O) groups is 1. The second-order valence-corrected chi connectivity index (χ2v) is 10.9. The molecule has 1 aromatic heterocycles. The maximum Gasteiger partial charge on any atom is 0.271 e. The Kier molecular flexibility index (Phi) is 8.99. The number of rotatable bonds is 9. The lowest BCUT2D eigenvalue weighted by molar-refractivity contribution is -0.384. The highest BCUT2D eigenvalue weighted by Gasteiger charge is 2.20. The first-order valence-electron chi connectivity index (χ1n) is 14.1. The smallest absolute Gasteiger partial charge is 0.271 e. The Morgan fingerprint density at radius 3 is 2.28 bits per heavy atom. The van der Waals surface area contributed by atoms with E-state index in [9.17, 15) is 41.7 Å². The average molecular weight is 636 g/mol. The lowest BCUT2D eigenvalue weighted by atomic mass is 10.0. The molecular weight excluding hydrogens is 609 g/mol. The van der Waals surface area contributed by atoms with Crippen molar-refractivity contribution in [3.8, 4) is 11.1 Å². The van der Waals surface area contributed by atoms with E-state index in [0.717, 1.165) is 19.1 Å². The molecule has 7 nitrogen and oxygen atoms in total. The van der Waals surface area contributed by atoms with Gasteiger partial charge < -0.3 is 9.47 Å². The SMILES string of the molecule is Cc1c(F)cc(-c2ccc(CN(C)C(=O)Cn3c(CCc4cccc(F)c4F)cc(=O)c4ccc([N+](=O)[O-])cc43)cc2)c(F)c1F. The zero-order chi connectivity index (χ0) is 33.3. The number of likely N-dealkylation sites (N-methyl/N-ethyl adjacent to an activating group) is 1. The molecule has 0 fully saturated rings. The van der Waals surface area contributed by atoms with Crippen LogP contribution in [0.1, 0.15) is 22.4 Å². The van der Waals surface area contributed by atoms with Gasteiger partial charge in [0.05, 0.1) is 10.4 Å². The van der Waals surface area contributed by atoms with Gasteiger partial charge in [0.1, 0.15) is 12.4 Å². The van der Waals surface area contributed by atoms with Crippen LogP contribution in [0, 0.1) is 46.1 Å². The van der Waals surface area contributed by atoms with Gasteiger partial charge in [-0.2, -0.15) is 0 Å². The normalized spacial score (nSPS) is 11.2. The van der Waals surface area contributed by atoms with Crippen molar-refractivity contribution < 1.29 is 31.7 Å². The summed E-state index contributed by atoms with van der Waals surface area (Å²) in [6, 6.07) is 15.7. The van der Waals surface area contributed by atoms with Crippen LogP contribution < -0.4 is 5.43 Å². The Balaban J connectivity index is 1.43. The summed E-state index contributed by atoms with van der Waals surface area (Å²) >= 11 is 0. The van der Waals surface area contributed by atoms with Crippen molar-refractivity contribution in [2.24, 2.45) is 0 Å². The van der Waals surface area contributed by atoms with E-state index in [1.165, 1.54) is 65.0 Å². The van der Waals surface area contributed by atoms with Gasteiger partial charge in [-0.05, 0) is 54.7 Å². The first-order valence-corrected chi connectivity index (χ1v) is 14.1. The number of hydrogen-bond donors (Lipinski definition) is 0. The number of pyridine rings is 1. The molecule has 0 aliphatic heterocycles. The number of nitrogens with zero attached hydrogens (tertiary/aromatic N) is 3. The molecule has 1 amide bonds. The van der Waals surface area contributed by atoms with Crippen molar-refractivity contribution in [2.45, 2.75) is 32.9 Å². The van der Waals surface area contributed by atoms with Crippen LogP contribution in [0.5, 0.6) is 0 Å². The summed E-state index contributed by atoms with van der Waals surface area (Å²) in [5, 5.41) is 11.7. The van der Waals surface area contributed by atoms with Gasteiger partial charge in [-0.15, -0.1) is 0 Å². The maximum atomic E-state index is 14.5. The predicted octanol–water partition coefficient (Wildman–Crippen LogP) is 7.02. The fourth-order valence-electron chi connectivity index (χ4n) is 5.23. The lowest BCUT2D eigenvalue weighted by Crippen LogP contribution is -2.31. The van der Waals surface area contributed by atoms with Gasteiger partial charge in [0.15, 0.2) is 28.7 Å². The number of nitro groups is 1. The molecule has 0 aliphatic rings. The molecule has 5 rings (SSSR count). The quantitative estimate of drug-likeness (QED) is 0.0754. The molecule has 12 heteroatoms. The third kappa shape index (κ3) is 6.37. The highest BCUT2D eigenvalue weighted by molar-refractivity contribution is 5.84. The standard InChI is InChI=1S/C34H26F5N3O4/c1-19-28(36)16-26(34(39)32(19)37)21-8-6-20(7-9-21)17-40(2)31(44)18-41-23(11-10-22-4-3-5-27(35)33(22)38)15-30(43)25-13-12-24(42(45)46)14-29(25)41/h3-9,12-16H,10-11,17-18H2,1-2H3. The highest BCUT2D eigenvalue weighted by Crippen LogP contribution is 2.29. The second kappa shape index (κ2) is 12.9. The molecule has 5 aromatic rings. The second-order valence-electron chi connectivity index (χ2n) is 10.9. The van der Waals surface area contributed by atoms with Crippen LogP contribution in [0.4, 0.5) is 27.6 Å². The minimum Gasteiger partial charge on any atom is -0.340 e. The van der Waals surface area contributed by atoms with E-state index in [2.05, 4.69) is 0 Å². The Labute approximate surface area is 259 Å². The van der Waals surface area contributed by atoms with Crippen molar-refractivity contribution >= 4 is 22.5 Å². The molecule has 4 aromatic carbocycles. The monoisotopic (exact) mass is 635 g/mol. The molecule has 0 atom stereocenters. The van der Waals surface area contributed by atoms with E-state index in [1.54, 1.807) is 12.1 Å². The largest absolute Gasteiger partial charge is 0.340 e. The van der Waals surface area contributed by atoms with Crippen LogP contribution in [0.15, 0.2) is 77.6 Å². The Hall–Kier alpha value is -5.39. The number of aromatic nitrogens is 1. The van der Waals surface area contributed by atoms with Crippen molar-refractivity contribution in [3.63, 3.8) is 0 Å². The summed E-state index contributed by atoms with van der Waals surface area (Å²) < 4.78 is 72.3. The zero-order valence-electron chi connectivity index (χ0n) is 24.6. The molecule has 0 saturated heterocycles. The van der Waals surface area contributed by atoms with Crippen LogP contribution >= 0.6 is 0 Å².